The number of hydrogen-bond donors (Lipinski definition) is 2. The second-order valence-electron chi connectivity index (χ2n) is 3.67. The molecular weight excluding hydrogens is 360 g/mol. The largest absolute Gasteiger partial charge is 0.398 e. The number of hydrogen-bond acceptors (Lipinski definition) is 2. The van der Waals surface area contributed by atoms with Gasteiger partial charge in [0.2, 0.25) is 0 Å². The second kappa shape index (κ2) is 5.54. The van der Waals surface area contributed by atoms with Crippen molar-refractivity contribution >= 4 is 49.1 Å². The molecule has 18 heavy (non-hydrogen) atoms. The van der Waals surface area contributed by atoms with Crippen molar-refractivity contribution < 1.29 is 4.79 Å². The number of anilines is 2. The van der Waals surface area contributed by atoms with Crippen molar-refractivity contribution in [2.24, 2.45) is 0 Å². The molecular formula is C13H10Br2N2O. The fraction of sp³-hybridized carbons (Fsp3) is 0. The van der Waals surface area contributed by atoms with Gasteiger partial charge in [-0.05, 0) is 46.3 Å². The van der Waals surface area contributed by atoms with Crippen LogP contribution in [0.2, 0.25) is 0 Å². The molecule has 2 aromatic rings. The van der Waals surface area contributed by atoms with E-state index in [0.29, 0.717) is 15.7 Å². The first-order valence-electron chi connectivity index (χ1n) is 5.19. The Kier molecular flexibility index (Phi) is 4.04. The average Bonchev–Trinajstić information content (AvgIpc) is 2.32. The van der Waals surface area contributed by atoms with E-state index in [4.69, 9.17) is 5.73 Å². The third-order valence-corrected chi connectivity index (χ3v) is 3.73. The summed E-state index contributed by atoms with van der Waals surface area (Å²) in [5.41, 5.74) is 7.52. The molecule has 0 aliphatic carbocycles. The summed E-state index contributed by atoms with van der Waals surface area (Å²) in [4.78, 5) is 12.1. The molecule has 0 heterocycles. The number of carbonyl (C=O) groups excluding carboxylic acids is 1. The molecule has 2 rings (SSSR count). The maximum Gasteiger partial charge on any atom is 0.256 e. The van der Waals surface area contributed by atoms with Gasteiger partial charge in [0.1, 0.15) is 0 Å². The number of nitrogen functional groups attached to an aromatic ring is 1. The average molecular weight is 370 g/mol. The summed E-state index contributed by atoms with van der Waals surface area (Å²) in [6.07, 6.45) is 0. The number of carbonyl (C=O) groups is 1. The summed E-state index contributed by atoms with van der Waals surface area (Å²) in [5, 5.41) is 2.81. The Bertz CT molecular complexity index is 599. The lowest BCUT2D eigenvalue weighted by Crippen LogP contribution is -2.13. The minimum atomic E-state index is -0.202. The Hall–Kier alpha value is -1.33. The number of nitrogens with one attached hydrogen (secondary N) is 1. The first-order chi connectivity index (χ1) is 8.58. The van der Waals surface area contributed by atoms with Crippen LogP contribution in [0.15, 0.2) is 51.4 Å². The highest BCUT2D eigenvalue weighted by Gasteiger charge is 2.11. The molecule has 0 aliphatic rings. The third kappa shape index (κ3) is 2.91. The molecule has 3 N–H and O–H groups in total. The van der Waals surface area contributed by atoms with Crippen LogP contribution >= 0.6 is 31.9 Å². The molecule has 0 fully saturated rings. The summed E-state index contributed by atoms with van der Waals surface area (Å²) >= 11 is 6.67. The van der Waals surface area contributed by atoms with E-state index in [0.717, 1.165) is 10.2 Å². The molecule has 0 radical (unpaired) electrons. The summed E-state index contributed by atoms with van der Waals surface area (Å²) in [6, 6.07) is 12.6. The van der Waals surface area contributed by atoms with Crippen molar-refractivity contribution in [1.29, 1.82) is 0 Å². The number of benzene rings is 2. The first-order valence-corrected chi connectivity index (χ1v) is 6.77. The van der Waals surface area contributed by atoms with Gasteiger partial charge in [-0.3, -0.25) is 4.79 Å². The maximum absolute atomic E-state index is 12.1. The van der Waals surface area contributed by atoms with Gasteiger partial charge in [0.05, 0.1) is 10.0 Å². The molecule has 0 saturated carbocycles. The lowest BCUT2D eigenvalue weighted by molar-refractivity contribution is 0.102. The predicted octanol–water partition coefficient (Wildman–Crippen LogP) is 4.05. The lowest BCUT2D eigenvalue weighted by Gasteiger charge is -2.08. The van der Waals surface area contributed by atoms with Crippen LogP contribution in [-0.2, 0) is 0 Å². The van der Waals surface area contributed by atoms with E-state index in [1.807, 2.05) is 24.3 Å². The molecule has 0 atom stereocenters. The number of halogens is 2. The van der Waals surface area contributed by atoms with Crippen LogP contribution in [0, 0.1) is 0 Å². The molecule has 0 aromatic heterocycles. The quantitative estimate of drug-likeness (QED) is 0.784. The Morgan fingerprint density at radius 1 is 1.11 bits per heavy atom. The van der Waals surface area contributed by atoms with Crippen LogP contribution in [0.1, 0.15) is 10.4 Å². The minimum absolute atomic E-state index is 0.202. The molecule has 2 aromatic carbocycles. The Morgan fingerprint density at radius 2 is 1.83 bits per heavy atom. The molecule has 3 nitrogen and oxygen atoms in total. The van der Waals surface area contributed by atoms with E-state index in [9.17, 15) is 4.79 Å². The van der Waals surface area contributed by atoms with Gasteiger partial charge in [-0.25, -0.2) is 0 Å². The first kappa shape index (κ1) is 13.1. The normalized spacial score (nSPS) is 10.1. The van der Waals surface area contributed by atoms with E-state index in [-0.39, 0.29) is 5.91 Å². The predicted molar refractivity (Wildman–Crippen MR) is 80.6 cm³/mol. The highest BCUT2D eigenvalue weighted by Crippen LogP contribution is 2.25. The Balaban J connectivity index is 2.25. The van der Waals surface area contributed by atoms with E-state index in [1.165, 1.54) is 0 Å². The van der Waals surface area contributed by atoms with Crippen LogP contribution in [0.5, 0.6) is 0 Å². The van der Waals surface area contributed by atoms with Crippen LogP contribution in [0.25, 0.3) is 0 Å². The zero-order chi connectivity index (χ0) is 13.1. The maximum atomic E-state index is 12.1. The summed E-state index contributed by atoms with van der Waals surface area (Å²) < 4.78 is 1.52. The molecule has 0 unspecified atom stereocenters. The minimum Gasteiger partial charge on any atom is -0.398 e. The number of rotatable bonds is 2. The molecule has 92 valence electrons. The standard InChI is InChI=1S/C13H10Br2N2O/c14-8-3-1-4-9(7-8)17-13(18)10-5-2-6-11(16)12(10)15/h1-7H,16H2,(H,17,18). The SMILES string of the molecule is Nc1cccc(C(=O)Nc2cccc(Br)c2)c1Br. The van der Waals surface area contributed by atoms with Gasteiger partial charge in [0, 0.05) is 15.8 Å². The van der Waals surface area contributed by atoms with Gasteiger partial charge in [-0.1, -0.05) is 28.1 Å². The second-order valence-corrected chi connectivity index (χ2v) is 5.38. The van der Waals surface area contributed by atoms with Crippen LogP contribution < -0.4 is 11.1 Å². The Labute approximate surface area is 122 Å². The zero-order valence-corrected chi connectivity index (χ0v) is 12.5. The summed E-state index contributed by atoms with van der Waals surface area (Å²) in [6.45, 7) is 0. The zero-order valence-electron chi connectivity index (χ0n) is 9.28. The van der Waals surface area contributed by atoms with Crippen molar-refractivity contribution in [3.8, 4) is 0 Å². The van der Waals surface area contributed by atoms with Gasteiger partial charge in [0.15, 0.2) is 0 Å². The fourth-order valence-electron chi connectivity index (χ4n) is 1.49. The highest BCUT2D eigenvalue weighted by atomic mass is 79.9. The molecule has 0 bridgehead atoms. The molecule has 0 aliphatic heterocycles. The smallest absolute Gasteiger partial charge is 0.256 e. The van der Waals surface area contributed by atoms with Crippen molar-refractivity contribution in [2.75, 3.05) is 11.1 Å². The van der Waals surface area contributed by atoms with E-state index in [2.05, 4.69) is 37.2 Å². The van der Waals surface area contributed by atoms with E-state index in [1.54, 1.807) is 18.2 Å². The third-order valence-electron chi connectivity index (χ3n) is 2.36. The van der Waals surface area contributed by atoms with Gasteiger partial charge in [-0.2, -0.15) is 0 Å². The van der Waals surface area contributed by atoms with Gasteiger partial charge in [0.25, 0.3) is 5.91 Å². The van der Waals surface area contributed by atoms with Crippen molar-refractivity contribution in [3.05, 3.63) is 57.0 Å². The van der Waals surface area contributed by atoms with Crippen LogP contribution in [0.3, 0.4) is 0 Å². The lowest BCUT2D eigenvalue weighted by atomic mass is 10.2. The summed E-state index contributed by atoms with van der Waals surface area (Å²) in [7, 11) is 0. The summed E-state index contributed by atoms with van der Waals surface area (Å²) in [5.74, 6) is -0.202. The van der Waals surface area contributed by atoms with Crippen molar-refractivity contribution in [2.45, 2.75) is 0 Å². The van der Waals surface area contributed by atoms with Gasteiger partial charge >= 0.3 is 0 Å². The van der Waals surface area contributed by atoms with Crippen molar-refractivity contribution in [1.82, 2.24) is 0 Å². The topological polar surface area (TPSA) is 55.1 Å². The molecule has 0 saturated heterocycles. The molecule has 5 heteroatoms. The van der Waals surface area contributed by atoms with Crippen molar-refractivity contribution in [3.63, 3.8) is 0 Å². The highest BCUT2D eigenvalue weighted by molar-refractivity contribution is 9.11. The van der Waals surface area contributed by atoms with Crippen LogP contribution in [0.4, 0.5) is 11.4 Å². The molecule has 0 spiro atoms. The van der Waals surface area contributed by atoms with E-state index >= 15 is 0 Å². The fourth-order valence-corrected chi connectivity index (χ4v) is 2.33. The number of nitrogens with two attached hydrogens (primary N) is 1. The molecule has 1 amide bonds. The number of amides is 1. The van der Waals surface area contributed by atoms with Gasteiger partial charge < -0.3 is 11.1 Å². The van der Waals surface area contributed by atoms with Crippen LogP contribution in [-0.4, -0.2) is 5.91 Å². The monoisotopic (exact) mass is 368 g/mol. The van der Waals surface area contributed by atoms with E-state index < -0.39 is 0 Å². The Morgan fingerprint density at radius 3 is 2.56 bits per heavy atom. The van der Waals surface area contributed by atoms with Gasteiger partial charge in [-0.15, -0.1) is 0 Å².